The third-order valence-corrected chi connectivity index (χ3v) is 5.12. The van der Waals surface area contributed by atoms with E-state index >= 15 is 0 Å². The third kappa shape index (κ3) is 4.19. The molecule has 1 nitrogen and oxygen atoms in total. The van der Waals surface area contributed by atoms with Crippen molar-refractivity contribution < 1.29 is 0 Å². The smallest absolute Gasteiger partial charge is 0.0285 e. The van der Waals surface area contributed by atoms with Crippen LogP contribution in [0.15, 0.2) is 44.7 Å². The second-order valence-electron chi connectivity index (χ2n) is 4.25. The molecule has 1 unspecified atom stereocenters. The summed E-state index contributed by atoms with van der Waals surface area (Å²) in [4.78, 5) is 1.42. The third-order valence-electron chi connectivity index (χ3n) is 2.87. The van der Waals surface area contributed by atoms with Gasteiger partial charge in [0.2, 0.25) is 0 Å². The van der Waals surface area contributed by atoms with Crippen molar-refractivity contribution in [2.45, 2.75) is 18.9 Å². The standard InChI is InChI=1S/C14H15Br2NS/c1-17-13(8-14-7-12(16)9-18-14)6-10-2-4-11(15)5-3-10/h2-5,7,9,13,17H,6,8H2,1H3. The molecule has 0 radical (unpaired) electrons. The van der Waals surface area contributed by atoms with Crippen molar-refractivity contribution >= 4 is 43.2 Å². The van der Waals surface area contributed by atoms with E-state index in [1.807, 2.05) is 18.4 Å². The highest BCUT2D eigenvalue weighted by Crippen LogP contribution is 2.22. The molecule has 0 amide bonds. The summed E-state index contributed by atoms with van der Waals surface area (Å²) in [6.07, 6.45) is 2.13. The molecule has 0 saturated carbocycles. The SMILES string of the molecule is CNC(Cc1ccc(Br)cc1)Cc1cc(Br)cs1. The van der Waals surface area contributed by atoms with Crippen molar-refractivity contribution in [1.29, 1.82) is 0 Å². The van der Waals surface area contributed by atoms with E-state index in [0.29, 0.717) is 6.04 Å². The highest BCUT2D eigenvalue weighted by Gasteiger charge is 2.10. The number of rotatable bonds is 5. The number of hydrogen-bond acceptors (Lipinski definition) is 2. The molecule has 1 N–H and O–H groups in total. The fourth-order valence-electron chi connectivity index (χ4n) is 1.89. The summed E-state index contributed by atoms with van der Waals surface area (Å²) >= 11 is 8.78. The van der Waals surface area contributed by atoms with Crippen molar-refractivity contribution in [3.8, 4) is 0 Å². The molecule has 2 rings (SSSR count). The van der Waals surface area contributed by atoms with Crippen LogP contribution in [-0.4, -0.2) is 13.1 Å². The molecule has 18 heavy (non-hydrogen) atoms. The van der Waals surface area contributed by atoms with Crippen molar-refractivity contribution in [3.63, 3.8) is 0 Å². The van der Waals surface area contributed by atoms with E-state index in [1.54, 1.807) is 0 Å². The number of likely N-dealkylation sites (N-methyl/N-ethyl adjacent to an activating group) is 1. The van der Waals surface area contributed by atoms with Gasteiger partial charge in [0.15, 0.2) is 0 Å². The Hall–Kier alpha value is -0.160. The molecule has 4 heteroatoms. The number of benzene rings is 1. The maximum Gasteiger partial charge on any atom is 0.0285 e. The van der Waals surface area contributed by atoms with Crippen LogP contribution in [0.3, 0.4) is 0 Å². The second kappa shape index (κ2) is 6.85. The highest BCUT2D eigenvalue weighted by molar-refractivity contribution is 9.10. The maximum atomic E-state index is 3.50. The van der Waals surface area contributed by atoms with Gasteiger partial charge in [0.1, 0.15) is 0 Å². The summed E-state index contributed by atoms with van der Waals surface area (Å²) in [5.41, 5.74) is 1.37. The Morgan fingerprint density at radius 2 is 1.83 bits per heavy atom. The van der Waals surface area contributed by atoms with Crippen molar-refractivity contribution in [1.82, 2.24) is 5.32 Å². The highest BCUT2D eigenvalue weighted by atomic mass is 79.9. The van der Waals surface area contributed by atoms with E-state index in [-0.39, 0.29) is 0 Å². The molecule has 0 saturated heterocycles. The Kier molecular flexibility index (Phi) is 5.42. The van der Waals surface area contributed by atoms with Gasteiger partial charge in [-0.25, -0.2) is 0 Å². The van der Waals surface area contributed by atoms with Crippen molar-refractivity contribution in [2.75, 3.05) is 7.05 Å². The zero-order valence-corrected chi connectivity index (χ0v) is 14.1. The summed E-state index contributed by atoms with van der Waals surface area (Å²) in [6, 6.07) is 11.2. The Balaban J connectivity index is 1.99. The van der Waals surface area contributed by atoms with Crippen LogP contribution in [0.1, 0.15) is 10.4 Å². The lowest BCUT2D eigenvalue weighted by Gasteiger charge is -2.15. The van der Waals surface area contributed by atoms with Gasteiger partial charge >= 0.3 is 0 Å². The Morgan fingerprint density at radius 1 is 1.11 bits per heavy atom. The van der Waals surface area contributed by atoms with Gasteiger partial charge < -0.3 is 5.32 Å². The summed E-state index contributed by atoms with van der Waals surface area (Å²) in [6.45, 7) is 0. The molecule has 0 fully saturated rings. The van der Waals surface area contributed by atoms with E-state index in [0.717, 1.165) is 17.3 Å². The van der Waals surface area contributed by atoms with Crippen molar-refractivity contribution in [2.24, 2.45) is 0 Å². The van der Waals surface area contributed by atoms with E-state index < -0.39 is 0 Å². The quantitative estimate of drug-likeness (QED) is 0.786. The summed E-state index contributed by atoms with van der Waals surface area (Å²) in [7, 11) is 2.03. The molecule has 1 heterocycles. The molecule has 0 aliphatic rings. The predicted molar refractivity (Wildman–Crippen MR) is 86.4 cm³/mol. The molecule has 1 aromatic carbocycles. The number of thiophene rings is 1. The molecule has 2 aromatic rings. The van der Waals surface area contributed by atoms with E-state index in [4.69, 9.17) is 0 Å². The average Bonchev–Trinajstić information content (AvgIpc) is 2.77. The average molecular weight is 389 g/mol. The second-order valence-corrected chi connectivity index (χ2v) is 7.08. The molecule has 0 spiro atoms. The minimum atomic E-state index is 0.483. The van der Waals surface area contributed by atoms with E-state index in [1.165, 1.54) is 14.9 Å². The number of hydrogen-bond donors (Lipinski definition) is 1. The summed E-state index contributed by atoms with van der Waals surface area (Å²) < 4.78 is 2.32. The number of halogens is 2. The van der Waals surface area contributed by atoms with Crippen LogP contribution < -0.4 is 5.32 Å². The Morgan fingerprint density at radius 3 is 2.39 bits per heavy atom. The molecule has 1 atom stereocenters. The van der Waals surface area contributed by atoms with Gasteiger partial charge in [0.05, 0.1) is 0 Å². The number of nitrogens with one attached hydrogen (secondary N) is 1. The van der Waals surface area contributed by atoms with Gasteiger partial charge in [-0.2, -0.15) is 0 Å². The van der Waals surface area contributed by atoms with Crippen LogP contribution in [0.5, 0.6) is 0 Å². The summed E-state index contributed by atoms with van der Waals surface area (Å²) in [5.74, 6) is 0. The lowest BCUT2D eigenvalue weighted by molar-refractivity contribution is 0.560. The molecule has 0 bridgehead atoms. The fourth-order valence-corrected chi connectivity index (χ4v) is 3.68. The molecule has 96 valence electrons. The largest absolute Gasteiger partial charge is 0.316 e. The van der Waals surface area contributed by atoms with Crippen molar-refractivity contribution in [3.05, 3.63) is 55.1 Å². The van der Waals surface area contributed by atoms with Gasteiger partial charge in [-0.1, -0.05) is 28.1 Å². The first kappa shape index (κ1) is 14.3. The molecular formula is C14H15Br2NS. The topological polar surface area (TPSA) is 12.0 Å². The Bertz CT molecular complexity index is 493. The monoisotopic (exact) mass is 387 g/mol. The van der Waals surface area contributed by atoms with Crippen LogP contribution >= 0.6 is 43.2 Å². The first-order chi connectivity index (χ1) is 8.67. The van der Waals surface area contributed by atoms with Crippen LogP contribution in [0.2, 0.25) is 0 Å². The van der Waals surface area contributed by atoms with Crippen LogP contribution in [0.4, 0.5) is 0 Å². The zero-order valence-electron chi connectivity index (χ0n) is 10.1. The van der Waals surface area contributed by atoms with Gasteiger partial charge in [0.25, 0.3) is 0 Å². The Labute approximate surface area is 129 Å². The van der Waals surface area contributed by atoms with Gasteiger partial charge in [-0.05, 0) is 59.6 Å². The molecule has 0 aliphatic heterocycles. The first-order valence-corrected chi connectivity index (χ1v) is 8.28. The summed E-state index contributed by atoms with van der Waals surface area (Å²) in [5, 5.41) is 5.54. The maximum absolute atomic E-state index is 3.50. The molecule has 0 aliphatic carbocycles. The van der Waals surface area contributed by atoms with Crippen LogP contribution in [-0.2, 0) is 12.8 Å². The van der Waals surface area contributed by atoms with Crippen LogP contribution in [0, 0.1) is 0 Å². The van der Waals surface area contributed by atoms with Gasteiger partial charge in [-0.15, -0.1) is 11.3 Å². The first-order valence-electron chi connectivity index (χ1n) is 5.82. The van der Waals surface area contributed by atoms with Crippen LogP contribution in [0.25, 0.3) is 0 Å². The lowest BCUT2D eigenvalue weighted by Crippen LogP contribution is -2.29. The van der Waals surface area contributed by atoms with E-state index in [2.05, 4.69) is 72.9 Å². The minimum Gasteiger partial charge on any atom is -0.316 e. The normalized spacial score (nSPS) is 12.6. The predicted octanol–water partition coefficient (Wildman–Crippen LogP) is 4.65. The van der Waals surface area contributed by atoms with Gasteiger partial charge in [0, 0.05) is 25.2 Å². The minimum absolute atomic E-state index is 0.483. The fraction of sp³-hybridized carbons (Fsp3) is 0.286. The lowest BCUT2D eigenvalue weighted by atomic mass is 10.0. The molecule has 1 aromatic heterocycles. The molecular weight excluding hydrogens is 374 g/mol. The zero-order chi connectivity index (χ0) is 13.0. The van der Waals surface area contributed by atoms with Gasteiger partial charge in [-0.3, -0.25) is 0 Å². The van der Waals surface area contributed by atoms with E-state index in [9.17, 15) is 0 Å².